The lowest BCUT2D eigenvalue weighted by molar-refractivity contribution is -0.141. The zero-order valence-electron chi connectivity index (χ0n) is 9.54. The summed E-state index contributed by atoms with van der Waals surface area (Å²) in [6.07, 6.45) is -3.89. The maximum Gasteiger partial charge on any atom is 0.435 e. The Kier molecular flexibility index (Phi) is 3.92. The van der Waals surface area contributed by atoms with Crippen molar-refractivity contribution in [3.05, 3.63) is 17.8 Å². The minimum absolute atomic E-state index is 0.147. The monoisotopic (exact) mass is 249 g/mol. The van der Waals surface area contributed by atoms with Gasteiger partial charge < -0.3 is 10.4 Å². The standard InChI is InChI=1S/C10H14F3N3O/c1-3-9(2,6-17)14-8-5-4-7(15-16-8)10(11,12)13/h4-5,17H,3,6H2,1-2H3,(H,14,16). The molecular formula is C10H14F3N3O. The van der Waals surface area contributed by atoms with E-state index in [0.29, 0.717) is 6.42 Å². The molecule has 0 aliphatic rings. The highest BCUT2D eigenvalue weighted by Gasteiger charge is 2.33. The van der Waals surface area contributed by atoms with Crippen molar-refractivity contribution in [2.75, 3.05) is 11.9 Å². The van der Waals surface area contributed by atoms with E-state index >= 15 is 0 Å². The lowest BCUT2D eigenvalue weighted by Gasteiger charge is -2.27. The smallest absolute Gasteiger partial charge is 0.394 e. The number of rotatable bonds is 4. The third-order valence-corrected chi connectivity index (χ3v) is 2.51. The molecule has 1 aromatic heterocycles. The number of anilines is 1. The van der Waals surface area contributed by atoms with E-state index < -0.39 is 17.4 Å². The number of aliphatic hydroxyl groups excluding tert-OH is 1. The molecule has 1 atom stereocenters. The van der Waals surface area contributed by atoms with Gasteiger partial charge in [0, 0.05) is 0 Å². The van der Waals surface area contributed by atoms with Crippen LogP contribution in [0.4, 0.5) is 19.0 Å². The second-order valence-electron chi connectivity index (χ2n) is 4.00. The average Bonchev–Trinajstić information content (AvgIpc) is 2.28. The maximum atomic E-state index is 12.2. The highest BCUT2D eigenvalue weighted by Crippen LogP contribution is 2.27. The van der Waals surface area contributed by atoms with Crippen LogP contribution in [-0.4, -0.2) is 27.4 Å². The fourth-order valence-electron chi connectivity index (χ4n) is 1.10. The molecule has 1 heterocycles. The largest absolute Gasteiger partial charge is 0.435 e. The summed E-state index contributed by atoms with van der Waals surface area (Å²) < 4.78 is 36.7. The van der Waals surface area contributed by atoms with E-state index in [4.69, 9.17) is 5.11 Å². The summed E-state index contributed by atoms with van der Waals surface area (Å²) in [6.45, 7) is 3.44. The van der Waals surface area contributed by atoms with Crippen LogP contribution < -0.4 is 5.32 Å². The molecule has 2 N–H and O–H groups in total. The van der Waals surface area contributed by atoms with Crippen LogP contribution in [0.5, 0.6) is 0 Å². The van der Waals surface area contributed by atoms with Gasteiger partial charge in [0.1, 0.15) is 5.82 Å². The fraction of sp³-hybridized carbons (Fsp3) is 0.600. The van der Waals surface area contributed by atoms with Gasteiger partial charge in [0.2, 0.25) is 0 Å². The van der Waals surface area contributed by atoms with Crippen molar-refractivity contribution in [3.8, 4) is 0 Å². The van der Waals surface area contributed by atoms with E-state index in [-0.39, 0.29) is 12.4 Å². The van der Waals surface area contributed by atoms with Gasteiger partial charge in [0.15, 0.2) is 5.69 Å². The van der Waals surface area contributed by atoms with E-state index in [9.17, 15) is 13.2 Å². The molecule has 1 rings (SSSR count). The van der Waals surface area contributed by atoms with Gasteiger partial charge in [-0.3, -0.25) is 0 Å². The van der Waals surface area contributed by atoms with Gasteiger partial charge in [-0.2, -0.15) is 13.2 Å². The summed E-state index contributed by atoms with van der Waals surface area (Å²) in [5, 5.41) is 18.5. The molecule has 0 aromatic carbocycles. The third kappa shape index (κ3) is 3.55. The Morgan fingerprint density at radius 1 is 1.29 bits per heavy atom. The number of hydrogen-bond donors (Lipinski definition) is 2. The van der Waals surface area contributed by atoms with Gasteiger partial charge in [-0.25, -0.2) is 0 Å². The molecular weight excluding hydrogens is 235 g/mol. The number of alkyl halides is 3. The molecule has 0 aliphatic heterocycles. The van der Waals surface area contributed by atoms with Crippen molar-refractivity contribution >= 4 is 5.82 Å². The molecule has 0 bridgehead atoms. The number of halogens is 3. The zero-order chi connectivity index (χ0) is 13.1. The maximum absolute atomic E-state index is 12.2. The minimum atomic E-state index is -4.49. The lowest BCUT2D eigenvalue weighted by Crippen LogP contribution is -2.38. The topological polar surface area (TPSA) is 58.0 Å². The molecule has 96 valence electrons. The molecule has 17 heavy (non-hydrogen) atoms. The SMILES string of the molecule is CCC(C)(CO)Nc1ccc(C(F)(F)F)nn1. The second-order valence-corrected chi connectivity index (χ2v) is 4.00. The first-order valence-electron chi connectivity index (χ1n) is 5.11. The fourth-order valence-corrected chi connectivity index (χ4v) is 1.10. The van der Waals surface area contributed by atoms with Crippen LogP contribution in [0, 0.1) is 0 Å². The number of nitrogens with zero attached hydrogens (tertiary/aromatic N) is 2. The summed E-state index contributed by atoms with van der Waals surface area (Å²) >= 11 is 0. The Bertz CT molecular complexity index is 360. The average molecular weight is 249 g/mol. The zero-order valence-corrected chi connectivity index (χ0v) is 9.54. The molecule has 0 saturated heterocycles. The Labute approximate surface area is 96.9 Å². The van der Waals surface area contributed by atoms with Crippen LogP contribution in [0.3, 0.4) is 0 Å². The van der Waals surface area contributed by atoms with Gasteiger partial charge in [0.25, 0.3) is 0 Å². The summed E-state index contributed by atoms with van der Waals surface area (Å²) in [6, 6.07) is 2.04. The van der Waals surface area contributed by atoms with Crippen molar-refractivity contribution in [2.45, 2.75) is 32.0 Å². The van der Waals surface area contributed by atoms with E-state index in [1.54, 1.807) is 6.92 Å². The molecule has 7 heteroatoms. The van der Waals surface area contributed by atoms with Gasteiger partial charge in [-0.1, -0.05) is 6.92 Å². The minimum Gasteiger partial charge on any atom is -0.394 e. The lowest BCUT2D eigenvalue weighted by atomic mass is 10.0. The first-order valence-corrected chi connectivity index (χ1v) is 5.11. The van der Waals surface area contributed by atoms with Gasteiger partial charge in [-0.15, -0.1) is 10.2 Å². The van der Waals surface area contributed by atoms with Crippen LogP contribution in [0.2, 0.25) is 0 Å². The Morgan fingerprint density at radius 3 is 2.29 bits per heavy atom. The Hall–Kier alpha value is -1.37. The predicted molar refractivity (Wildman–Crippen MR) is 56.4 cm³/mol. The van der Waals surface area contributed by atoms with Crippen molar-refractivity contribution in [1.82, 2.24) is 10.2 Å². The van der Waals surface area contributed by atoms with Gasteiger partial charge in [-0.05, 0) is 25.5 Å². The van der Waals surface area contributed by atoms with Crippen LogP contribution in [0.25, 0.3) is 0 Å². The van der Waals surface area contributed by atoms with Crippen LogP contribution in [0.1, 0.15) is 26.0 Å². The normalized spacial score (nSPS) is 15.4. The molecule has 0 aliphatic carbocycles. The van der Waals surface area contributed by atoms with E-state index in [1.807, 2.05) is 6.92 Å². The summed E-state index contributed by atoms with van der Waals surface area (Å²) in [5.74, 6) is 0.205. The first-order chi connectivity index (χ1) is 7.80. The summed E-state index contributed by atoms with van der Waals surface area (Å²) in [4.78, 5) is 0. The summed E-state index contributed by atoms with van der Waals surface area (Å²) in [5.41, 5.74) is -1.65. The van der Waals surface area contributed by atoms with Crippen molar-refractivity contribution in [2.24, 2.45) is 0 Å². The van der Waals surface area contributed by atoms with Crippen LogP contribution in [-0.2, 0) is 6.18 Å². The quantitative estimate of drug-likeness (QED) is 0.857. The van der Waals surface area contributed by atoms with Crippen LogP contribution >= 0.6 is 0 Å². The van der Waals surface area contributed by atoms with E-state index in [1.165, 1.54) is 6.07 Å². The van der Waals surface area contributed by atoms with E-state index in [0.717, 1.165) is 6.07 Å². The van der Waals surface area contributed by atoms with Gasteiger partial charge in [0.05, 0.1) is 12.1 Å². The Morgan fingerprint density at radius 2 is 1.94 bits per heavy atom. The number of aromatic nitrogens is 2. The third-order valence-electron chi connectivity index (χ3n) is 2.51. The van der Waals surface area contributed by atoms with Gasteiger partial charge >= 0.3 is 6.18 Å². The molecule has 0 amide bonds. The molecule has 1 unspecified atom stereocenters. The molecule has 4 nitrogen and oxygen atoms in total. The number of nitrogens with one attached hydrogen (secondary N) is 1. The molecule has 1 aromatic rings. The van der Waals surface area contributed by atoms with Crippen LogP contribution in [0.15, 0.2) is 12.1 Å². The second kappa shape index (κ2) is 4.87. The van der Waals surface area contributed by atoms with Crippen molar-refractivity contribution in [1.29, 1.82) is 0 Å². The number of aliphatic hydroxyl groups is 1. The summed E-state index contributed by atoms with van der Waals surface area (Å²) in [7, 11) is 0. The first kappa shape index (κ1) is 13.7. The molecule has 0 radical (unpaired) electrons. The van der Waals surface area contributed by atoms with Crippen molar-refractivity contribution in [3.63, 3.8) is 0 Å². The highest BCUT2D eigenvalue weighted by molar-refractivity contribution is 5.36. The molecule has 0 saturated carbocycles. The number of hydrogen-bond acceptors (Lipinski definition) is 4. The predicted octanol–water partition coefficient (Wildman–Crippen LogP) is 2.07. The van der Waals surface area contributed by atoms with Crippen molar-refractivity contribution < 1.29 is 18.3 Å². The molecule has 0 fully saturated rings. The molecule has 0 spiro atoms. The van der Waals surface area contributed by atoms with E-state index in [2.05, 4.69) is 15.5 Å². The highest BCUT2D eigenvalue weighted by atomic mass is 19.4. The Balaban J connectivity index is 2.82.